The normalized spacial score (nSPS) is 27.2. The van der Waals surface area contributed by atoms with Crippen LogP contribution in [0.25, 0.3) is 0 Å². The molecule has 0 bridgehead atoms. The van der Waals surface area contributed by atoms with Gasteiger partial charge < -0.3 is 5.32 Å². The zero-order valence-corrected chi connectivity index (χ0v) is 13.7. The minimum Gasteiger partial charge on any atom is -0.349 e. The van der Waals surface area contributed by atoms with Crippen LogP contribution in [-0.4, -0.2) is 11.9 Å². The summed E-state index contributed by atoms with van der Waals surface area (Å²) >= 11 is 6.82. The lowest BCUT2D eigenvalue weighted by molar-refractivity contribution is 0.0926. The Morgan fingerprint density at radius 1 is 1.28 bits per heavy atom. The second-order valence-electron chi connectivity index (χ2n) is 5.12. The molecule has 2 nitrogen and oxygen atoms in total. The first-order valence-electron chi connectivity index (χ1n) is 6.25. The van der Waals surface area contributed by atoms with Crippen molar-refractivity contribution in [1.82, 2.24) is 5.32 Å². The summed E-state index contributed by atoms with van der Waals surface area (Å²) < 4.78 is 1.76. The highest BCUT2D eigenvalue weighted by Gasteiger charge is 2.31. The van der Waals surface area contributed by atoms with Crippen molar-refractivity contribution in [2.75, 3.05) is 0 Å². The number of benzene rings is 1. The summed E-state index contributed by atoms with van der Waals surface area (Å²) in [6.45, 7) is 4.48. The van der Waals surface area contributed by atoms with Crippen molar-refractivity contribution in [1.29, 1.82) is 0 Å². The van der Waals surface area contributed by atoms with E-state index in [0.717, 1.165) is 15.4 Å². The number of carbonyl (C=O) groups excluding carboxylic acids is 1. The fourth-order valence-corrected chi connectivity index (χ4v) is 3.27. The van der Waals surface area contributed by atoms with E-state index in [9.17, 15) is 4.79 Å². The Morgan fingerprint density at radius 2 is 2.00 bits per heavy atom. The van der Waals surface area contributed by atoms with Gasteiger partial charge in [-0.2, -0.15) is 0 Å². The summed E-state index contributed by atoms with van der Waals surface area (Å²) in [5, 5.41) is 3.15. The van der Waals surface area contributed by atoms with E-state index in [1.54, 1.807) is 0 Å². The first kappa shape index (κ1) is 14.1. The first-order valence-corrected chi connectivity index (χ1v) is 7.83. The molecule has 0 heterocycles. The van der Waals surface area contributed by atoms with Gasteiger partial charge in [-0.15, -0.1) is 0 Å². The molecule has 0 radical (unpaired) electrons. The monoisotopic (exact) mass is 373 g/mol. The van der Waals surface area contributed by atoms with Gasteiger partial charge in [0.25, 0.3) is 5.91 Å². The van der Waals surface area contributed by atoms with Gasteiger partial charge in [-0.05, 0) is 58.8 Å². The van der Waals surface area contributed by atoms with Crippen molar-refractivity contribution in [3.05, 3.63) is 32.7 Å². The van der Waals surface area contributed by atoms with E-state index in [1.807, 2.05) is 18.2 Å². The van der Waals surface area contributed by atoms with Gasteiger partial charge in [-0.1, -0.05) is 29.8 Å². The van der Waals surface area contributed by atoms with Gasteiger partial charge in [0.05, 0.1) is 5.56 Å². The van der Waals surface area contributed by atoms with Crippen LogP contribution in [0.3, 0.4) is 0 Å². The fourth-order valence-electron chi connectivity index (χ4n) is 2.49. The number of halogens is 2. The number of nitrogens with one attached hydrogen (secondary N) is 1. The third-order valence-electron chi connectivity index (χ3n) is 3.95. The van der Waals surface area contributed by atoms with Gasteiger partial charge in [-0.3, -0.25) is 4.79 Å². The maximum absolute atomic E-state index is 12.3. The highest BCUT2D eigenvalue weighted by atomic mass is 79.9. The molecule has 1 amide bonds. The van der Waals surface area contributed by atoms with Crippen molar-refractivity contribution in [3.63, 3.8) is 0 Å². The van der Waals surface area contributed by atoms with Crippen LogP contribution < -0.4 is 5.32 Å². The van der Waals surface area contributed by atoms with E-state index >= 15 is 0 Å². The Balaban J connectivity index is 2.10. The second kappa shape index (κ2) is 5.74. The molecule has 0 aromatic heterocycles. The van der Waals surface area contributed by atoms with Gasteiger partial charge >= 0.3 is 0 Å². The molecule has 0 saturated heterocycles. The Morgan fingerprint density at radius 3 is 2.61 bits per heavy atom. The van der Waals surface area contributed by atoms with Crippen LogP contribution in [0.4, 0.5) is 0 Å². The Labute approximate surface area is 125 Å². The van der Waals surface area contributed by atoms with Gasteiger partial charge in [0.2, 0.25) is 0 Å². The topological polar surface area (TPSA) is 29.1 Å². The molecule has 0 spiro atoms. The third-order valence-corrected chi connectivity index (χ3v) is 5.14. The SMILES string of the molecule is CC1CCC(NC(=O)c2cc(Br)ccc2Br)C1C. The number of carbonyl (C=O) groups is 1. The summed E-state index contributed by atoms with van der Waals surface area (Å²) in [7, 11) is 0. The molecule has 1 aliphatic carbocycles. The van der Waals surface area contributed by atoms with Crippen molar-refractivity contribution >= 4 is 37.8 Å². The molecule has 2 rings (SSSR count). The number of rotatable bonds is 2. The molecule has 4 heteroatoms. The molecule has 18 heavy (non-hydrogen) atoms. The van der Waals surface area contributed by atoms with Crippen LogP contribution in [0.2, 0.25) is 0 Å². The molecular weight excluding hydrogens is 358 g/mol. The molecule has 3 unspecified atom stereocenters. The number of hydrogen-bond acceptors (Lipinski definition) is 1. The Hall–Kier alpha value is -0.350. The largest absolute Gasteiger partial charge is 0.349 e. The smallest absolute Gasteiger partial charge is 0.252 e. The minimum absolute atomic E-state index is 0.00845. The van der Waals surface area contributed by atoms with Crippen LogP contribution in [0.1, 0.15) is 37.0 Å². The summed E-state index contributed by atoms with van der Waals surface area (Å²) in [6.07, 6.45) is 2.28. The lowest BCUT2D eigenvalue weighted by Crippen LogP contribution is -2.37. The summed E-state index contributed by atoms with van der Waals surface area (Å²) in [6, 6.07) is 5.96. The second-order valence-corrected chi connectivity index (χ2v) is 6.89. The molecule has 1 N–H and O–H groups in total. The Bertz CT molecular complexity index is 461. The molecule has 1 saturated carbocycles. The van der Waals surface area contributed by atoms with E-state index in [2.05, 4.69) is 51.0 Å². The van der Waals surface area contributed by atoms with E-state index in [-0.39, 0.29) is 5.91 Å². The van der Waals surface area contributed by atoms with E-state index in [1.165, 1.54) is 6.42 Å². The van der Waals surface area contributed by atoms with Gasteiger partial charge in [0.15, 0.2) is 0 Å². The van der Waals surface area contributed by atoms with Crippen LogP contribution in [0.15, 0.2) is 27.1 Å². The van der Waals surface area contributed by atoms with Crippen molar-refractivity contribution < 1.29 is 4.79 Å². The molecule has 3 atom stereocenters. The highest BCUT2D eigenvalue weighted by Crippen LogP contribution is 2.31. The lowest BCUT2D eigenvalue weighted by Gasteiger charge is -2.20. The van der Waals surface area contributed by atoms with Gasteiger partial charge in [-0.25, -0.2) is 0 Å². The van der Waals surface area contributed by atoms with Crippen molar-refractivity contribution in [2.45, 2.75) is 32.7 Å². The molecule has 1 aliphatic rings. The summed E-state index contributed by atoms with van der Waals surface area (Å²) in [5.74, 6) is 1.26. The maximum atomic E-state index is 12.3. The third kappa shape index (κ3) is 2.97. The molecule has 0 aliphatic heterocycles. The summed E-state index contributed by atoms with van der Waals surface area (Å²) in [4.78, 5) is 12.3. The molecule has 1 aromatic carbocycles. The van der Waals surface area contributed by atoms with Crippen molar-refractivity contribution in [2.24, 2.45) is 11.8 Å². The lowest BCUT2D eigenvalue weighted by atomic mass is 9.97. The Kier molecular flexibility index (Phi) is 4.49. The standard InChI is InChI=1S/C14H17Br2NO/c1-8-3-6-13(9(8)2)17-14(18)11-7-10(15)4-5-12(11)16/h4-5,7-9,13H,3,6H2,1-2H3,(H,17,18). The molecule has 98 valence electrons. The van der Waals surface area contributed by atoms with Crippen LogP contribution in [0.5, 0.6) is 0 Å². The average Bonchev–Trinajstić information content (AvgIpc) is 2.64. The van der Waals surface area contributed by atoms with E-state index < -0.39 is 0 Å². The fraction of sp³-hybridized carbons (Fsp3) is 0.500. The quantitative estimate of drug-likeness (QED) is 0.817. The summed E-state index contributed by atoms with van der Waals surface area (Å²) in [5.41, 5.74) is 0.691. The number of hydrogen-bond donors (Lipinski definition) is 1. The average molecular weight is 375 g/mol. The highest BCUT2D eigenvalue weighted by molar-refractivity contribution is 9.11. The van der Waals surface area contributed by atoms with Crippen LogP contribution >= 0.6 is 31.9 Å². The van der Waals surface area contributed by atoms with E-state index in [0.29, 0.717) is 23.4 Å². The maximum Gasteiger partial charge on any atom is 0.252 e. The zero-order chi connectivity index (χ0) is 13.3. The zero-order valence-electron chi connectivity index (χ0n) is 10.5. The predicted octanol–water partition coefficient (Wildman–Crippen LogP) is 4.38. The predicted molar refractivity (Wildman–Crippen MR) is 80.7 cm³/mol. The van der Waals surface area contributed by atoms with Crippen LogP contribution in [0, 0.1) is 11.8 Å². The van der Waals surface area contributed by atoms with Gasteiger partial charge in [0, 0.05) is 15.0 Å². The number of amides is 1. The van der Waals surface area contributed by atoms with Crippen LogP contribution in [-0.2, 0) is 0 Å². The van der Waals surface area contributed by atoms with E-state index in [4.69, 9.17) is 0 Å². The first-order chi connectivity index (χ1) is 8.49. The van der Waals surface area contributed by atoms with Crippen molar-refractivity contribution in [3.8, 4) is 0 Å². The van der Waals surface area contributed by atoms with Gasteiger partial charge in [0.1, 0.15) is 0 Å². The molecule has 1 aromatic rings. The minimum atomic E-state index is 0.00845. The molecular formula is C14H17Br2NO. The molecule has 1 fully saturated rings.